The van der Waals surface area contributed by atoms with Gasteiger partial charge in [-0.15, -0.1) is 0 Å². The Kier molecular flexibility index (Phi) is 4.25. The maximum absolute atomic E-state index is 13.5. The molecule has 0 aliphatic carbocycles. The minimum absolute atomic E-state index is 0.214. The molecule has 1 aromatic carbocycles. The first-order chi connectivity index (χ1) is 8.49. The predicted octanol–water partition coefficient (Wildman–Crippen LogP) is 2.68. The summed E-state index contributed by atoms with van der Waals surface area (Å²) in [5.74, 6) is -0.703. The lowest BCUT2D eigenvalue weighted by molar-refractivity contribution is 0.0709. The largest absolute Gasteiger partial charge is 0.336 e. The zero-order valence-electron chi connectivity index (χ0n) is 9.84. The summed E-state index contributed by atoms with van der Waals surface area (Å²) in [5.41, 5.74) is 0.214. The van der Waals surface area contributed by atoms with Gasteiger partial charge in [-0.3, -0.25) is 4.79 Å². The minimum Gasteiger partial charge on any atom is -0.336 e. The smallest absolute Gasteiger partial charge is 0.255 e. The van der Waals surface area contributed by atoms with Crippen LogP contribution in [0.5, 0.6) is 0 Å². The third kappa shape index (κ3) is 2.84. The lowest BCUT2D eigenvalue weighted by Gasteiger charge is -2.32. The first-order valence-electron chi connectivity index (χ1n) is 5.66. The van der Waals surface area contributed by atoms with E-state index < -0.39 is 5.82 Å². The van der Waals surface area contributed by atoms with Crippen molar-refractivity contribution >= 4 is 33.4 Å². The fourth-order valence-corrected chi connectivity index (χ4v) is 2.69. The summed E-state index contributed by atoms with van der Waals surface area (Å²) in [6.45, 7) is 3.96. The number of hydrogen-bond donors (Lipinski definition) is 1. The molecule has 1 fully saturated rings. The van der Waals surface area contributed by atoms with Crippen LogP contribution in [-0.2, 0) is 0 Å². The molecule has 3 nitrogen and oxygen atoms in total. The Hall–Kier alpha value is -0.650. The molecule has 0 saturated carbocycles. The number of amides is 1. The lowest BCUT2D eigenvalue weighted by Crippen LogP contribution is -2.51. The highest BCUT2D eigenvalue weighted by Gasteiger charge is 2.24. The van der Waals surface area contributed by atoms with Crippen molar-refractivity contribution in [1.82, 2.24) is 10.2 Å². The Bertz CT molecular complexity index is 483. The summed E-state index contributed by atoms with van der Waals surface area (Å²) >= 11 is 9.03. The maximum atomic E-state index is 13.5. The van der Waals surface area contributed by atoms with Crippen molar-refractivity contribution in [3.05, 3.63) is 33.0 Å². The molecule has 6 heteroatoms. The minimum atomic E-state index is -0.481. The topological polar surface area (TPSA) is 32.3 Å². The average Bonchev–Trinajstić information content (AvgIpc) is 2.33. The summed E-state index contributed by atoms with van der Waals surface area (Å²) < 4.78 is 13.7. The van der Waals surface area contributed by atoms with Gasteiger partial charge in [0.25, 0.3) is 5.91 Å². The standard InChI is InChI=1S/C12H13BrClFN2O/c1-7-6-17(3-2-16-7)12(18)8-4-11(15)9(13)5-10(8)14/h4-5,7,16H,2-3,6H2,1H3/t7-/m0/s1. The van der Waals surface area contributed by atoms with Crippen molar-refractivity contribution in [3.8, 4) is 0 Å². The second-order valence-corrected chi connectivity index (χ2v) is 5.61. The van der Waals surface area contributed by atoms with Gasteiger partial charge in [-0.25, -0.2) is 4.39 Å². The molecule has 1 aliphatic rings. The Morgan fingerprint density at radius 2 is 2.33 bits per heavy atom. The molecule has 2 rings (SSSR count). The van der Waals surface area contributed by atoms with Crippen LogP contribution in [0.3, 0.4) is 0 Å². The summed E-state index contributed by atoms with van der Waals surface area (Å²) in [6.07, 6.45) is 0. The SMILES string of the molecule is C[C@H]1CN(C(=O)c2cc(F)c(Br)cc2Cl)CCN1. The van der Waals surface area contributed by atoms with E-state index in [0.717, 1.165) is 6.54 Å². The molecule has 1 amide bonds. The van der Waals surface area contributed by atoms with Gasteiger partial charge in [0.1, 0.15) is 5.82 Å². The molecule has 0 unspecified atom stereocenters. The van der Waals surface area contributed by atoms with E-state index >= 15 is 0 Å². The zero-order chi connectivity index (χ0) is 13.3. The van der Waals surface area contributed by atoms with E-state index in [1.807, 2.05) is 6.92 Å². The molecule has 1 heterocycles. The van der Waals surface area contributed by atoms with Gasteiger partial charge < -0.3 is 10.2 Å². The molecule has 0 spiro atoms. The number of benzene rings is 1. The van der Waals surface area contributed by atoms with Crippen molar-refractivity contribution in [1.29, 1.82) is 0 Å². The van der Waals surface area contributed by atoms with E-state index in [2.05, 4.69) is 21.2 Å². The first kappa shape index (κ1) is 13.8. The van der Waals surface area contributed by atoms with E-state index in [1.165, 1.54) is 12.1 Å². The van der Waals surface area contributed by atoms with E-state index in [1.54, 1.807) is 4.90 Å². The quantitative estimate of drug-likeness (QED) is 0.800. The summed E-state index contributed by atoms with van der Waals surface area (Å²) in [4.78, 5) is 14.0. The van der Waals surface area contributed by atoms with Gasteiger partial charge in [-0.05, 0) is 35.0 Å². The first-order valence-corrected chi connectivity index (χ1v) is 6.83. The van der Waals surface area contributed by atoms with Crippen LogP contribution >= 0.6 is 27.5 Å². The summed E-state index contributed by atoms with van der Waals surface area (Å²) in [7, 11) is 0. The molecule has 0 bridgehead atoms. The maximum Gasteiger partial charge on any atom is 0.255 e. The number of nitrogens with one attached hydrogen (secondary N) is 1. The molecule has 1 atom stereocenters. The zero-order valence-corrected chi connectivity index (χ0v) is 12.2. The fourth-order valence-electron chi connectivity index (χ4n) is 1.97. The van der Waals surface area contributed by atoms with Crippen LogP contribution in [0.25, 0.3) is 0 Å². The van der Waals surface area contributed by atoms with Gasteiger partial charge in [0, 0.05) is 25.7 Å². The number of carbonyl (C=O) groups is 1. The lowest BCUT2D eigenvalue weighted by atomic mass is 10.1. The Morgan fingerprint density at radius 1 is 1.61 bits per heavy atom. The van der Waals surface area contributed by atoms with Crippen LogP contribution in [0.4, 0.5) is 4.39 Å². The Labute approximate surface area is 118 Å². The third-order valence-electron chi connectivity index (χ3n) is 2.90. The van der Waals surface area contributed by atoms with Crippen LogP contribution in [0.2, 0.25) is 5.02 Å². The van der Waals surface area contributed by atoms with Crippen molar-refractivity contribution in [2.45, 2.75) is 13.0 Å². The number of hydrogen-bond acceptors (Lipinski definition) is 2. The van der Waals surface area contributed by atoms with Gasteiger partial charge in [0.05, 0.1) is 15.1 Å². The van der Waals surface area contributed by atoms with E-state index in [0.29, 0.717) is 13.1 Å². The third-order valence-corrected chi connectivity index (χ3v) is 3.82. The number of halogens is 3. The molecule has 0 radical (unpaired) electrons. The normalized spacial score (nSPS) is 20.0. The molecular weight excluding hydrogens is 323 g/mol. The molecule has 1 saturated heterocycles. The average molecular weight is 336 g/mol. The highest BCUT2D eigenvalue weighted by atomic mass is 79.9. The Morgan fingerprint density at radius 3 is 3.00 bits per heavy atom. The molecule has 18 heavy (non-hydrogen) atoms. The number of nitrogens with zero attached hydrogens (tertiary/aromatic N) is 1. The predicted molar refractivity (Wildman–Crippen MR) is 72.5 cm³/mol. The summed E-state index contributed by atoms with van der Waals surface area (Å²) in [5, 5.41) is 3.51. The van der Waals surface area contributed by atoms with Gasteiger partial charge in [-0.1, -0.05) is 11.6 Å². The van der Waals surface area contributed by atoms with Crippen molar-refractivity contribution in [3.63, 3.8) is 0 Å². The van der Waals surface area contributed by atoms with Gasteiger partial charge in [0.2, 0.25) is 0 Å². The van der Waals surface area contributed by atoms with Crippen LogP contribution in [0, 0.1) is 5.82 Å². The molecular formula is C12H13BrClFN2O. The van der Waals surface area contributed by atoms with Crippen molar-refractivity contribution < 1.29 is 9.18 Å². The second-order valence-electron chi connectivity index (χ2n) is 4.35. The van der Waals surface area contributed by atoms with Gasteiger partial charge in [-0.2, -0.15) is 0 Å². The Balaban J connectivity index is 2.25. The fraction of sp³-hybridized carbons (Fsp3) is 0.417. The van der Waals surface area contributed by atoms with E-state index in [4.69, 9.17) is 11.6 Å². The molecule has 1 aliphatic heterocycles. The van der Waals surface area contributed by atoms with Crippen molar-refractivity contribution in [2.24, 2.45) is 0 Å². The highest BCUT2D eigenvalue weighted by molar-refractivity contribution is 9.10. The molecule has 0 aromatic heterocycles. The van der Waals surface area contributed by atoms with Crippen LogP contribution in [0.1, 0.15) is 17.3 Å². The van der Waals surface area contributed by atoms with Gasteiger partial charge >= 0.3 is 0 Å². The van der Waals surface area contributed by atoms with Crippen LogP contribution < -0.4 is 5.32 Å². The monoisotopic (exact) mass is 334 g/mol. The molecule has 1 N–H and O–H groups in total. The molecule has 98 valence electrons. The van der Waals surface area contributed by atoms with E-state index in [9.17, 15) is 9.18 Å². The second kappa shape index (κ2) is 5.55. The van der Waals surface area contributed by atoms with E-state index in [-0.39, 0.29) is 27.0 Å². The van der Waals surface area contributed by atoms with Gasteiger partial charge in [0.15, 0.2) is 0 Å². The van der Waals surface area contributed by atoms with Crippen LogP contribution in [-0.4, -0.2) is 36.5 Å². The molecule has 1 aromatic rings. The van der Waals surface area contributed by atoms with Crippen LogP contribution in [0.15, 0.2) is 16.6 Å². The summed E-state index contributed by atoms with van der Waals surface area (Å²) in [6, 6.07) is 2.83. The highest BCUT2D eigenvalue weighted by Crippen LogP contribution is 2.26. The number of piperazine rings is 1. The number of rotatable bonds is 1. The van der Waals surface area contributed by atoms with Crippen molar-refractivity contribution in [2.75, 3.05) is 19.6 Å². The number of carbonyl (C=O) groups excluding carboxylic acids is 1.